The van der Waals surface area contributed by atoms with Gasteiger partial charge in [0.25, 0.3) is 0 Å². The van der Waals surface area contributed by atoms with Gasteiger partial charge in [-0.15, -0.1) is 0 Å². The van der Waals surface area contributed by atoms with Gasteiger partial charge in [-0.05, 0) is 80.3 Å². The molecule has 158 valence electrons. The zero-order chi connectivity index (χ0) is 22.2. The highest BCUT2D eigenvalue weighted by atomic mass is 16.3. The second-order valence-corrected chi connectivity index (χ2v) is 9.11. The van der Waals surface area contributed by atoms with Gasteiger partial charge in [-0.1, -0.05) is 66.7 Å². The Labute approximate surface area is 195 Å². The summed E-state index contributed by atoms with van der Waals surface area (Å²) in [4.78, 5) is 3.59. The van der Waals surface area contributed by atoms with E-state index in [9.17, 15) is 0 Å². The average Bonchev–Trinajstić information content (AvgIpc) is 3.51. The van der Waals surface area contributed by atoms with Crippen LogP contribution in [0.25, 0.3) is 76.8 Å². The maximum Gasteiger partial charge on any atom is 0.136 e. The Hall–Kier alpha value is -4.56. The van der Waals surface area contributed by atoms with E-state index in [-0.39, 0.29) is 0 Å². The minimum atomic E-state index is 0.915. The standard InChI is InChI=1S/C32H19NO/c1-3-7-27-20(5-1)17-28(33-27)24-15-22-10-9-19-11-13-25(26-14-12-23(16-24)31(22)32(19)26)30-18-21-6-2-4-8-29(21)34-30/h1-18,33H. The Bertz CT molecular complexity index is 1940. The fraction of sp³-hybridized carbons (Fsp3) is 0. The molecule has 0 aliphatic carbocycles. The van der Waals surface area contributed by atoms with Crippen molar-refractivity contribution in [1.82, 2.24) is 4.98 Å². The number of aromatic nitrogens is 1. The topological polar surface area (TPSA) is 28.9 Å². The van der Waals surface area contributed by atoms with Crippen molar-refractivity contribution < 1.29 is 4.42 Å². The van der Waals surface area contributed by atoms with Crippen LogP contribution in [-0.2, 0) is 0 Å². The second kappa shape index (κ2) is 6.49. The summed E-state index contributed by atoms with van der Waals surface area (Å²) in [5.41, 5.74) is 5.58. The van der Waals surface area contributed by atoms with E-state index >= 15 is 0 Å². The highest BCUT2D eigenvalue weighted by Gasteiger charge is 2.16. The van der Waals surface area contributed by atoms with Crippen LogP contribution in [0.15, 0.2) is 114 Å². The summed E-state index contributed by atoms with van der Waals surface area (Å²) < 4.78 is 6.25. The second-order valence-electron chi connectivity index (χ2n) is 9.11. The highest BCUT2D eigenvalue weighted by molar-refractivity contribution is 6.26. The first-order valence-corrected chi connectivity index (χ1v) is 11.6. The van der Waals surface area contributed by atoms with Crippen molar-refractivity contribution in [3.05, 3.63) is 109 Å². The SMILES string of the molecule is c1ccc2[nH]c(-c3cc4ccc5ccc(-c6cc7ccccc7o6)c6ccc(c3)c4c56)cc2c1. The lowest BCUT2D eigenvalue weighted by molar-refractivity contribution is 0.632. The summed E-state index contributed by atoms with van der Waals surface area (Å²) in [7, 11) is 0. The van der Waals surface area contributed by atoms with Gasteiger partial charge < -0.3 is 9.40 Å². The summed E-state index contributed by atoms with van der Waals surface area (Å²) in [6.45, 7) is 0. The molecule has 1 N–H and O–H groups in total. The number of para-hydroxylation sites is 2. The number of hydrogen-bond acceptors (Lipinski definition) is 1. The lowest BCUT2D eigenvalue weighted by Crippen LogP contribution is -1.88. The minimum absolute atomic E-state index is 0.915. The molecule has 0 fully saturated rings. The van der Waals surface area contributed by atoms with Crippen molar-refractivity contribution in [3.63, 3.8) is 0 Å². The van der Waals surface area contributed by atoms with Crippen LogP contribution >= 0.6 is 0 Å². The molecule has 0 atom stereocenters. The normalized spacial score (nSPS) is 12.1. The predicted molar refractivity (Wildman–Crippen MR) is 143 cm³/mol. The molecule has 34 heavy (non-hydrogen) atoms. The van der Waals surface area contributed by atoms with E-state index in [1.165, 1.54) is 43.3 Å². The largest absolute Gasteiger partial charge is 0.456 e. The van der Waals surface area contributed by atoms with Crippen LogP contribution < -0.4 is 0 Å². The molecule has 0 amide bonds. The smallest absolute Gasteiger partial charge is 0.136 e. The zero-order valence-corrected chi connectivity index (χ0v) is 18.3. The fourth-order valence-corrected chi connectivity index (χ4v) is 5.53. The first kappa shape index (κ1) is 17.9. The van der Waals surface area contributed by atoms with Crippen molar-refractivity contribution in [1.29, 1.82) is 0 Å². The molecule has 2 aromatic heterocycles. The zero-order valence-electron chi connectivity index (χ0n) is 18.3. The van der Waals surface area contributed by atoms with Crippen LogP contribution in [0.2, 0.25) is 0 Å². The molecule has 2 heteroatoms. The lowest BCUT2D eigenvalue weighted by atomic mass is 9.90. The monoisotopic (exact) mass is 433 g/mol. The number of aromatic amines is 1. The maximum atomic E-state index is 6.25. The number of fused-ring (bicyclic) bond motifs is 2. The van der Waals surface area contributed by atoms with Crippen LogP contribution in [0.5, 0.6) is 0 Å². The molecule has 2 nitrogen and oxygen atoms in total. The molecule has 2 heterocycles. The van der Waals surface area contributed by atoms with Gasteiger partial charge in [0.2, 0.25) is 0 Å². The van der Waals surface area contributed by atoms with Crippen molar-refractivity contribution in [3.8, 4) is 22.6 Å². The van der Waals surface area contributed by atoms with Crippen molar-refractivity contribution in [2.24, 2.45) is 0 Å². The van der Waals surface area contributed by atoms with E-state index in [0.717, 1.165) is 33.5 Å². The molecule has 0 unspecified atom stereocenters. The van der Waals surface area contributed by atoms with E-state index in [4.69, 9.17) is 4.42 Å². The van der Waals surface area contributed by atoms with E-state index in [1.54, 1.807) is 0 Å². The Kier molecular flexibility index (Phi) is 3.42. The average molecular weight is 434 g/mol. The van der Waals surface area contributed by atoms with Crippen molar-refractivity contribution in [2.75, 3.05) is 0 Å². The molecular formula is C32H19NO. The number of H-pyrrole nitrogens is 1. The third-order valence-corrected chi connectivity index (χ3v) is 7.13. The van der Waals surface area contributed by atoms with E-state index < -0.39 is 0 Å². The highest BCUT2D eigenvalue weighted by Crippen LogP contribution is 2.42. The summed E-state index contributed by atoms with van der Waals surface area (Å²) in [5, 5.41) is 9.98. The quantitative estimate of drug-likeness (QED) is 0.271. The van der Waals surface area contributed by atoms with Gasteiger partial charge >= 0.3 is 0 Å². The molecule has 0 aliphatic rings. The maximum absolute atomic E-state index is 6.25. The van der Waals surface area contributed by atoms with Gasteiger partial charge in [-0.25, -0.2) is 0 Å². The molecule has 0 aliphatic heterocycles. The van der Waals surface area contributed by atoms with Gasteiger partial charge in [0.05, 0.1) is 0 Å². The number of furan rings is 1. The number of rotatable bonds is 2. The van der Waals surface area contributed by atoms with Crippen LogP contribution in [-0.4, -0.2) is 4.98 Å². The lowest BCUT2D eigenvalue weighted by Gasteiger charge is -2.14. The first-order chi connectivity index (χ1) is 16.8. The Balaban J connectivity index is 1.39. The van der Waals surface area contributed by atoms with Crippen molar-refractivity contribution in [2.45, 2.75) is 0 Å². The molecule has 8 rings (SSSR count). The number of nitrogens with one attached hydrogen (secondary N) is 1. The molecular weight excluding hydrogens is 414 g/mol. The van der Waals surface area contributed by atoms with E-state index in [2.05, 4.69) is 102 Å². The molecule has 6 aromatic carbocycles. The fourth-order valence-electron chi connectivity index (χ4n) is 5.53. The molecule has 8 aromatic rings. The molecule has 0 spiro atoms. The summed E-state index contributed by atoms with van der Waals surface area (Å²) in [5.74, 6) is 0.915. The third-order valence-electron chi connectivity index (χ3n) is 7.13. The third kappa shape index (κ3) is 2.45. The van der Waals surface area contributed by atoms with Crippen LogP contribution in [0.1, 0.15) is 0 Å². The van der Waals surface area contributed by atoms with Gasteiger partial charge in [0, 0.05) is 27.5 Å². The number of benzene rings is 6. The van der Waals surface area contributed by atoms with Crippen LogP contribution in [0.4, 0.5) is 0 Å². The molecule has 0 saturated carbocycles. The van der Waals surface area contributed by atoms with Crippen molar-refractivity contribution >= 4 is 54.2 Å². The summed E-state index contributed by atoms with van der Waals surface area (Å²) >= 11 is 0. The summed E-state index contributed by atoms with van der Waals surface area (Å²) in [6, 6.07) is 39.0. The van der Waals surface area contributed by atoms with E-state index in [0.29, 0.717) is 0 Å². The molecule has 0 radical (unpaired) electrons. The molecule has 0 bridgehead atoms. The van der Waals surface area contributed by atoms with Crippen LogP contribution in [0, 0.1) is 0 Å². The molecule has 0 saturated heterocycles. The van der Waals surface area contributed by atoms with E-state index in [1.807, 2.05) is 12.1 Å². The van der Waals surface area contributed by atoms with Crippen LogP contribution in [0.3, 0.4) is 0 Å². The van der Waals surface area contributed by atoms with Gasteiger partial charge in [0.1, 0.15) is 11.3 Å². The van der Waals surface area contributed by atoms with Gasteiger partial charge in [-0.3, -0.25) is 0 Å². The Morgan fingerprint density at radius 1 is 0.529 bits per heavy atom. The number of hydrogen-bond donors (Lipinski definition) is 1. The van der Waals surface area contributed by atoms with Gasteiger partial charge in [0.15, 0.2) is 0 Å². The minimum Gasteiger partial charge on any atom is -0.456 e. The summed E-state index contributed by atoms with van der Waals surface area (Å²) in [6.07, 6.45) is 0. The predicted octanol–water partition coefficient (Wildman–Crippen LogP) is 9.15. The Morgan fingerprint density at radius 3 is 2.12 bits per heavy atom. The van der Waals surface area contributed by atoms with Gasteiger partial charge in [-0.2, -0.15) is 0 Å². The first-order valence-electron chi connectivity index (χ1n) is 11.6. The Morgan fingerprint density at radius 2 is 1.26 bits per heavy atom.